The maximum Gasteiger partial charge on any atom is 0.413 e. The van der Waals surface area contributed by atoms with Crippen molar-refractivity contribution >= 4 is 27.5 Å². The number of nitrogens with zero attached hydrogens (tertiary/aromatic N) is 1. The van der Waals surface area contributed by atoms with Gasteiger partial charge in [0.05, 0.1) is 11.9 Å². The zero-order chi connectivity index (χ0) is 22.5. The summed E-state index contributed by atoms with van der Waals surface area (Å²) >= 11 is 0. The van der Waals surface area contributed by atoms with Crippen molar-refractivity contribution in [1.29, 1.82) is 0 Å². The molecule has 0 aromatic heterocycles. The minimum atomic E-state index is -3.84. The van der Waals surface area contributed by atoms with Crippen LogP contribution < -0.4 is 11.1 Å². The molecule has 1 spiro atoms. The second kappa shape index (κ2) is 7.19. The maximum absolute atomic E-state index is 14.6. The number of nitrogens with one attached hydrogen (secondary N) is 1. The van der Waals surface area contributed by atoms with Crippen LogP contribution in [0.5, 0.6) is 0 Å². The summed E-state index contributed by atoms with van der Waals surface area (Å²) in [5, 5.41) is 2.53. The summed E-state index contributed by atoms with van der Waals surface area (Å²) < 4.78 is 50.6. The number of amides is 1. The Labute approximate surface area is 175 Å². The van der Waals surface area contributed by atoms with E-state index in [0.29, 0.717) is 0 Å². The molecule has 1 atom stereocenters. The van der Waals surface area contributed by atoms with Gasteiger partial charge in [0, 0.05) is 31.2 Å². The molecular formula is C20H28FN3O5S. The fourth-order valence-corrected chi connectivity index (χ4v) is 6.47. The monoisotopic (exact) mass is 441 g/mol. The average molecular weight is 442 g/mol. The Hall–Kier alpha value is -2.20. The molecule has 3 rings (SSSR count). The lowest BCUT2D eigenvalue weighted by Gasteiger charge is -2.50. The fraction of sp³-hybridized carbons (Fsp3) is 0.600. The minimum Gasteiger partial charge on any atom is -0.444 e. The standard InChI is InChI=1S/C20H28FN3O5S/c1-18(2,3)29-17(25)23-16-20(9-13(10-20)28-5)30(26,27)11-19(4,24-16)14-8-12(22)6-7-15(14)21/h6-8,13H,9-11,22H2,1-5H3,(H,23,24,25)/t13?,19-,20?/m0/s1. The summed E-state index contributed by atoms with van der Waals surface area (Å²) in [5.41, 5.74) is 3.88. The van der Waals surface area contributed by atoms with Gasteiger partial charge in [-0.15, -0.1) is 0 Å². The second-order valence-corrected chi connectivity index (χ2v) is 11.4. The summed E-state index contributed by atoms with van der Waals surface area (Å²) in [6.45, 7) is 6.59. The van der Waals surface area contributed by atoms with Crippen molar-refractivity contribution in [3.8, 4) is 0 Å². The van der Waals surface area contributed by atoms with Crippen LogP contribution in [0.2, 0.25) is 0 Å². The number of nitrogen functional groups attached to an aromatic ring is 1. The summed E-state index contributed by atoms with van der Waals surface area (Å²) in [7, 11) is -2.34. The van der Waals surface area contributed by atoms with Crippen LogP contribution in [0.25, 0.3) is 0 Å². The van der Waals surface area contributed by atoms with Gasteiger partial charge in [-0.3, -0.25) is 10.3 Å². The lowest BCUT2D eigenvalue weighted by molar-refractivity contribution is 0.0274. The Balaban J connectivity index is 2.11. The molecule has 1 amide bonds. The van der Waals surface area contributed by atoms with Gasteiger partial charge in [0.15, 0.2) is 9.84 Å². The van der Waals surface area contributed by atoms with Crippen LogP contribution >= 0.6 is 0 Å². The highest BCUT2D eigenvalue weighted by Crippen LogP contribution is 2.48. The number of methoxy groups -OCH3 is 1. The third kappa shape index (κ3) is 3.90. The quantitative estimate of drug-likeness (QED) is 0.681. The lowest BCUT2D eigenvalue weighted by atomic mass is 9.79. The largest absolute Gasteiger partial charge is 0.444 e. The summed E-state index contributed by atoms with van der Waals surface area (Å²) in [5.74, 6) is -1.10. The molecule has 166 valence electrons. The summed E-state index contributed by atoms with van der Waals surface area (Å²) in [6.07, 6.45) is -0.806. The van der Waals surface area contributed by atoms with Crippen LogP contribution in [-0.4, -0.2) is 49.7 Å². The van der Waals surface area contributed by atoms with Crippen molar-refractivity contribution in [2.75, 3.05) is 18.6 Å². The Bertz CT molecular complexity index is 996. The molecular weight excluding hydrogens is 413 g/mol. The van der Waals surface area contributed by atoms with Crippen LogP contribution in [-0.2, 0) is 24.8 Å². The van der Waals surface area contributed by atoms with Gasteiger partial charge in [0.2, 0.25) is 0 Å². The number of halogens is 1. The average Bonchev–Trinajstić information content (AvgIpc) is 2.52. The predicted molar refractivity (Wildman–Crippen MR) is 112 cm³/mol. The van der Waals surface area contributed by atoms with E-state index in [2.05, 4.69) is 10.3 Å². The van der Waals surface area contributed by atoms with E-state index >= 15 is 0 Å². The predicted octanol–water partition coefficient (Wildman–Crippen LogP) is 2.52. The molecule has 1 saturated carbocycles. The third-order valence-corrected chi connectivity index (χ3v) is 8.15. The molecule has 30 heavy (non-hydrogen) atoms. The van der Waals surface area contributed by atoms with Gasteiger partial charge in [-0.25, -0.2) is 17.6 Å². The highest BCUT2D eigenvalue weighted by Gasteiger charge is 2.63. The highest BCUT2D eigenvalue weighted by atomic mass is 32.2. The van der Waals surface area contributed by atoms with Crippen LogP contribution in [0.4, 0.5) is 14.9 Å². The molecule has 1 aliphatic carbocycles. The highest BCUT2D eigenvalue weighted by molar-refractivity contribution is 7.93. The van der Waals surface area contributed by atoms with Crippen molar-refractivity contribution < 1.29 is 27.1 Å². The van der Waals surface area contributed by atoms with Crippen molar-refractivity contribution in [3.05, 3.63) is 29.6 Å². The molecule has 2 aliphatic rings. The number of alkyl carbamates (subject to hydrolysis) is 1. The number of benzene rings is 1. The van der Waals surface area contributed by atoms with Gasteiger partial charge in [0.1, 0.15) is 27.5 Å². The van der Waals surface area contributed by atoms with Gasteiger partial charge in [0.25, 0.3) is 0 Å². The number of hydrogen-bond donors (Lipinski definition) is 2. The van der Waals surface area contributed by atoms with E-state index in [-0.39, 0.29) is 36.0 Å². The first-order valence-electron chi connectivity index (χ1n) is 9.62. The Kier molecular flexibility index (Phi) is 5.39. The number of rotatable bonds is 2. The number of carbonyl (C=O) groups is 1. The molecule has 1 fully saturated rings. The molecule has 3 N–H and O–H groups in total. The van der Waals surface area contributed by atoms with Crippen molar-refractivity contribution in [2.24, 2.45) is 4.99 Å². The van der Waals surface area contributed by atoms with Crippen LogP contribution in [0.1, 0.15) is 46.1 Å². The van der Waals surface area contributed by atoms with Crippen LogP contribution in [0.15, 0.2) is 23.2 Å². The summed E-state index contributed by atoms with van der Waals surface area (Å²) in [6, 6.07) is 3.93. The number of amidine groups is 1. The number of ether oxygens (including phenoxy) is 2. The first-order valence-corrected chi connectivity index (χ1v) is 11.3. The van der Waals surface area contributed by atoms with E-state index in [1.54, 1.807) is 20.8 Å². The van der Waals surface area contributed by atoms with Gasteiger partial charge in [-0.05, 0) is 45.9 Å². The van der Waals surface area contributed by atoms with Crippen LogP contribution in [0, 0.1) is 5.82 Å². The first-order chi connectivity index (χ1) is 13.7. The molecule has 1 aromatic rings. The Morgan fingerprint density at radius 3 is 2.53 bits per heavy atom. The van der Waals surface area contributed by atoms with E-state index in [0.717, 1.165) is 0 Å². The molecule has 1 heterocycles. The zero-order valence-corrected chi connectivity index (χ0v) is 18.6. The van der Waals surface area contributed by atoms with E-state index in [9.17, 15) is 17.6 Å². The van der Waals surface area contributed by atoms with Crippen molar-refractivity contribution in [2.45, 2.75) is 62.5 Å². The van der Waals surface area contributed by atoms with Gasteiger partial charge < -0.3 is 15.2 Å². The SMILES string of the molecule is COC1CC2(C1)C(NC(=O)OC(C)(C)C)=N[C@](C)(c1cc(N)ccc1F)CS2(=O)=O. The Morgan fingerprint density at radius 1 is 1.33 bits per heavy atom. The molecule has 0 bridgehead atoms. The molecule has 1 aliphatic heterocycles. The minimum absolute atomic E-state index is 0.0482. The van der Waals surface area contributed by atoms with Crippen molar-refractivity contribution in [1.82, 2.24) is 5.32 Å². The van der Waals surface area contributed by atoms with Crippen molar-refractivity contribution in [3.63, 3.8) is 0 Å². The van der Waals surface area contributed by atoms with E-state index < -0.39 is 43.4 Å². The number of hydrogen-bond acceptors (Lipinski definition) is 7. The molecule has 10 heteroatoms. The first kappa shape index (κ1) is 22.5. The number of aliphatic imine (C=N–C) groups is 1. The van der Waals surface area contributed by atoms with E-state index in [1.165, 1.54) is 32.2 Å². The number of carbonyl (C=O) groups excluding carboxylic acids is 1. The molecule has 0 unspecified atom stereocenters. The normalized spacial score (nSPS) is 30.3. The van der Waals surface area contributed by atoms with Gasteiger partial charge in [-0.2, -0.15) is 0 Å². The summed E-state index contributed by atoms with van der Waals surface area (Å²) in [4.78, 5) is 17.0. The smallest absolute Gasteiger partial charge is 0.413 e. The van der Waals surface area contributed by atoms with Gasteiger partial charge >= 0.3 is 6.09 Å². The zero-order valence-electron chi connectivity index (χ0n) is 17.8. The molecule has 8 nitrogen and oxygen atoms in total. The number of sulfone groups is 1. The van der Waals surface area contributed by atoms with Gasteiger partial charge in [-0.1, -0.05) is 0 Å². The molecule has 0 radical (unpaired) electrons. The fourth-order valence-electron chi connectivity index (χ4n) is 3.96. The van der Waals surface area contributed by atoms with E-state index in [4.69, 9.17) is 15.2 Å². The number of nitrogens with two attached hydrogens (primary N) is 1. The maximum atomic E-state index is 14.6. The molecule has 1 aromatic carbocycles. The third-order valence-electron chi connectivity index (χ3n) is 5.49. The lowest BCUT2D eigenvalue weighted by Crippen LogP contribution is -2.67. The molecule has 0 saturated heterocycles. The topological polar surface area (TPSA) is 120 Å². The second-order valence-electron chi connectivity index (χ2n) is 9.12. The van der Waals surface area contributed by atoms with E-state index in [1.807, 2.05) is 0 Å². The van der Waals surface area contributed by atoms with Crippen LogP contribution in [0.3, 0.4) is 0 Å². The Morgan fingerprint density at radius 2 is 1.97 bits per heavy atom. The number of anilines is 1.